The molecule has 0 bridgehead atoms. The first kappa shape index (κ1) is 20.5. The van der Waals surface area contributed by atoms with Gasteiger partial charge in [0.25, 0.3) is 0 Å². The number of carbonyl (C=O) groups is 3. The van der Waals surface area contributed by atoms with Gasteiger partial charge in [-0.1, -0.05) is 13.8 Å². The first-order valence-electron chi connectivity index (χ1n) is 5.37. The van der Waals surface area contributed by atoms with Crippen molar-refractivity contribution in [3.63, 3.8) is 0 Å². The summed E-state index contributed by atoms with van der Waals surface area (Å²) in [6, 6.07) is -1.89. The minimum atomic E-state index is -4.97. The molecule has 0 spiro atoms. The number of hydrogen-bond donors (Lipinski definition) is 3. The summed E-state index contributed by atoms with van der Waals surface area (Å²) in [6.45, 7) is 3.02. The SMILES string of the molecule is CC(=O)N(C(C(=O)O)C(C)C)C(F)(F)F.NCC(=O)O. The number of aliphatic carboxylic acids is 2. The van der Waals surface area contributed by atoms with Gasteiger partial charge in [-0.25, -0.2) is 9.69 Å². The minimum Gasteiger partial charge on any atom is -0.480 e. The van der Waals surface area contributed by atoms with E-state index in [4.69, 9.17) is 10.2 Å². The van der Waals surface area contributed by atoms with Crippen molar-refractivity contribution in [2.75, 3.05) is 6.54 Å². The van der Waals surface area contributed by atoms with E-state index in [1.165, 1.54) is 13.8 Å². The Morgan fingerprint density at radius 2 is 1.55 bits per heavy atom. The molecule has 0 aliphatic rings. The van der Waals surface area contributed by atoms with E-state index in [-0.39, 0.29) is 6.54 Å². The van der Waals surface area contributed by atoms with Gasteiger partial charge in [0.05, 0.1) is 6.54 Å². The summed E-state index contributed by atoms with van der Waals surface area (Å²) in [5.41, 5.74) is 4.57. The Labute approximate surface area is 113 Å². The average molecular weight is 302 g/mol. The van der Waals surface area contributed by atoms with E-state index in [9.17, 15) is 27.6 Å². The molecule has 0 aliphatic heterocycles. The molecule has 0 aromatic carbocycles. The summed E-state index contributed by atoms with van der Waals surface area (Å²) in [5.74, 6) is -4.79. The second-order valence-electron chi connectivity index (χ2n) is 3.98. The van der Waals surface area contributed by atoms with Crippen molar-refractivity contribution in [1.82, 2.24) is 4.90 Å². The molecule has 1 atom stereocenters. The second-order valence-corrected chi connectivity index (χ2v) is 3.98. The highest BCUT2D eigenvalue weighted by molar-refractivity contribution is 5.82. The van der Waals surface area contributed by atoms with Gasteiger partial charge < -0.3 is 15.9 Å². The number of hydrogen-bond acceptors (Lipinski definition) is 4. The molecule has 1 unspecified atom stereocenters. The van der Waals surface area contributed by atoms with Crippen LogP contribution in [0.3, 0.4) is 0 Å². The summed E-state index contributed by atoms with van der Waals surface area (Å²) < 4.78 is 37.2. The number of rotatable bonds is 4. The number of nitrogens with zero attached hydrogens (tertiary/aromatic N) is 1. The minimum absolute atomic E-state index is 0.278. The zero-order valence-electron chi connectivity index (χ0n) is 11.1. The average Bonchev–Trinajstić information content (AvgIpc) is 2.22. The van der Waals surface area contributed by atoms with Crippen LogP contribution < -0.4 is 5.73 Å². The molecule has 0 heterocycles. The highest BCUT2D eigenvalue weighted by Gasteiger charge is 2.47. The van der Waals surface area contributed by atoms with Crippen LogP contribution in [0.5, 0.6) is 0 Å². The second kappa shape index (κ2) is 8.35. The zero-order chi connectivity index (χ0) is 16.7. The van der Waals surface area contributed by atoms with E-state index >= 15 is 0 Å². The number of carboxylic acids is 2. The fourth-order valence-electron chi connectivity index (χ4n) is 1.23. The van der Waals surface area contributed by atoms with Crippen molar-refractivity contribution < 1.29 is 37.8 Å². The predicted molar refractivity (Wildman–Crippen MR) is 61.5 cm³/mol. The van der Waals surface area contributed by atoms with Crippen LogP contribution in [0.4, 0.5) is 13.2 Å². The normalized spacial score (nSPS) is 12.2. The van der Waals surface area contributed by atoms with Crippen LogP contribution in [0.15, 0.2) is 0 Å². The molecule has 0 radical (unpaired) electrons. The van der Waals surface area contributed by atoms with Crippen molar-refractivity contribution in [3.8, 4) is 0 Å². The first-order chi connectivity index (χ1) is 8.86. The van der Waals surface area contributed by atoms with Crippen LogP contribution >= 0.6 is 0 Å². The van der Waals surface area contributed by atoms with E-state index in [2.05, 4.69) is 5.73 Å². The van der Waals surface area contributed by atoms with Crippen LogP contribution in [-0.4, -0.2) is 51.8 Å². The van der Waals surface area contributed by atoms with Crippen LogP contribution in [0.1, 0.15) is 20.8 Å². The molecule has 20 heavy (non-hydrogen) atoms. The molecule has 0 aromatic rings. The van der Waals surface area contributed by atoms with Crippen molar-refractivity contribution in [2.24, 2.45) is 11.7 Å². The van der Waals surface area contributed by atoms with E-state index in [1.807, 2.05) is 0 Å². The molecular weight excluding hydrogens is 285 g/mol. The Morgan fingerprint density at radius 1 is 1.20 bits per heavy atom. The fraction of sp³-hybridized carbons (Fsp3) is 0.700. The van der Waals surface area contributed by atoms with Gasteiger partial charge >= 0.3 is 18.2 Å². The molecule has 4 N–H and O–H groups in total. The summed E-state index contributed by atoms with van der Waals surface area (Å²) in [4.78, 5) is 30.1. The highest BCUT2D eigenvalue weighted by atomic mass is 19.4. The standard InChI is InChI=1S/C8H12F3NO3.C2H5NO2/c1-4(2)6(7(14)15)12(5(3)13)8(9,10)11;3-1-2(4)5/h4,6H,1-3H3,(H,14,15);1,3H2,(H,4,5). The van der Waals surface area contributed by atoms with Gasteiger partial charge in [-0.2, -0.15) is 0 Å². The maximum absolute atomic E-state index is 12.4. The van der Waals surface area contributed by atoms with E-state index in [0.717, 1.165) is 0 Å². The molecular formula is C10H17F3N2O5. The molecule has 0 saturated carbocycles. The molecule has 118 valence electrons. The molecule has 0 saturated heterocycles. The van der Waals surface area contributed by atoms with Crippen LogP contribution in [0.2, 0.25) is 0 Å². The Morgan fingerprint density at radius 3 is 1.60 bits per heavy atom. The van der Waals surface area contributed by atoms with Crippen molar-refractivity contribution >= 4 is 17.8 Å². The van der Waals surface area contributed by atoms with E-state index in [1.54, 1.807) is 0 Å². The van der Waals surface area contributed by atoms with Gasteiger partial charge in [0.15, 0.2) is 0 Å². The lowest BCUT2D eigenvalue weighted by molar-refractivity contribution is -0.254. The Kier molecular flexibility index (Phi) is 8.55. The van der Waals surface area contributed by atoms with Crippen molar-refractivity contribution in [3.05, 3.63) is 0 Å². The first-order valence-corrected chi connectivity index (χ1v) is 5.37. The lowest BCUT2D eigenvalue weighted by atomic mass is 10.0. The largest absolute Gasteiger partial charge is 0.487 e. The third kappa shape index (κ3) is 7.56. The number of amides is 1. The van der Waals surface area contributed by atoms with Crippen molar-refractivity contribution in [1.29, 1.82) is 0 Å². The lowest BCUT2D eigenvalue weighted by Gasteiger charge is -2.31. The molecule has 0 fully saturated rings. The maximum Gasteiger partial charge on any atom is 0.487 e. The molecule has 1 amide bonds. The number of halogens is 3. The molecule has 0 aliphatic carbocycles. The molecule has 10 heteroatoms. The number of nitrogens with two attached hydrogens (primary N) is 1. The Hall–Kier alpha value is -1.84. The topological polar surface area (TPSA) is 121 Å². The van der Waals surface area contributed by atoms with Crippen LogP contribution in [0, 0.1) is 5.92 Å². The number of carbonyl (C=O) groups excluding carboxylic acids is 1. The fourth-order valence-corrected chi connectivity index (χ4v) is 1.23. The zero-order valence-corrected chi connectivity index (χ0v) is 11.1. The molecule has 0 aromatic heterocycles. The number of carboxylic acid groups (broad SMARTS) is 2. The van der Waals surface area contributed by atoms with Crippen molar-refractivity contribution in [2.45, 2.75) is 33.1 Å². The molecule has 0 rings (SSSR count). The molecule has 7 nitrogen and oxygen atoms in total. The van der Waals surface area contributed by atoms with E-state index < -0.39 is 41.0 Å². The maximum atomic E-state index is 12.4. The van der Waals surface area contributed by atoms with Gasteiger partial charge in [-0.05, 0) is 5.92 Å². The van der Waals surface area contributed by atoms with Gasteiger partial charge in [0.1, 0.15) is 6.04 Å². The third-order valence-corrected chi connectivity index (χ3v) is 1.95. The van der Waals surface area contributed by atoms with Crippen LogP contribution in [-0.2, 0) is 14.4 Å². The number of alkyl halides is 3. The van der Waals surface area contributed by atoms with Crippen LogP contribution in [0.25, 0.3) is 0 Å². The summed E-state index contributed by atoms with van der Waals surface area (Å²) >= 11 is 0. The van der Waals surface area contributed by atoms with Gasteiger partial charge in [0.2, 0.25) is 5.91 Å². The van der Waals surface area contributed by atoms with Gasteiger partial charge in [0, 0.05) is 6.92 Å². The summed E-state index contributed by atoms with van der Waals surface area (Å²) in [5, 5.41) is 16.2. The highest BCUT2D eigenvalue weighted by Crippen LogP contribution is 2.27. The van der Waals surface area contributed by atoms with Gasteiger partial charge in [-0.15, -0.1) is 13.2 Å². The predicted octanol–water partition coefficient (Wildman–Crippen LogP) is 0.494. The summed E-state index contributed by atoms with van der Waals surface area (Å²) in [7, 11) is 0. The van der Waals surface area contributed by atoms with Gasteiger partial charge in [-0.3, -0.25) is 9.59 Å². The third-order valence-electron chi connectivity index (χ3n) is 1.95. The Balaban J connectivity index is 0. The summed E-state index contributed by atoms with van der Waals surface area (Å²) in [6.07, 6.45) is -4.97. The lowest BCUT2D eigenvalue weighted by Crippen LogP contribution is -2.54. The Bertz CT molecular complexity index is 357. The van der Waals surface area contributed by atoms with E-state index in [0.29, 0.717) is 6.92 Å². The smallest absolute Gasteiger partial charge is 0.480 e. The quantitative estimate of drug-likeness (QED) is 0.650. The monoisotopic (exact) mass is 302 g/mol.